The first-order chi connectivity index (χ1) is 14.6. The van der Waals surface area contributed by atoms with E-state index in [2.05, 4.69) is 4.90 Å². The number of nitro benzene ring substituents is 1. The summed E-state index contributed by atoms with van der Waals surface area (Å²) in [6.45, 7) is 3.83. The van der Waals surface area contributed by atoms with Crippen molar-refractivity contribution in [3.63, 3.8) is 0 Å². The monoisotopic (exact) mass is 409 g/mol. The summed E-state index contributed by atoms with van der Waals surface area (Å²) >= 11 is 0. The predicted octanol–water partition coefficient (Wildman–Crippen LogP) is 3.12. The molecule has 0 N–H and O–H groups in total. The minimum atomic E-state index is -0.407. The van der Waals surface area contributed by atoms with Crippen molar-refractivity contribution in [2.24, 2.45) is 0 Å². The van der Waals surface area contributed by atoms with Crippen molar-refractivity contribution >= 4 is 23.4 Å². The molecule has 0 radical (unpaired) electrons. The van der Waals surface area contributed by atoms with Gasteiger partial charge in [0, 0.05) is 56.5 Å². The highest BCUT2D eigenvalue weighted by atomic mass is 16.6. The summed E-state index contributed by atoms with van der Waals surface area (Å²) in [5.41, 5.74) is 1.89. The molecular weight excluding hydrogens is 386 g/mol. The number of carbonyl (C=O) groups is 1. The standard InChI is InChI=1S/C22H23N3O5/c26-22(9-3-17-2-8-20-21(16-17)30-15-1-14-29-20)24-12-10-23(11-13-24)18-4-6-19(7-5-18)25(27)28/h2-9,16H,1,10-15H2/b9-3+. The van der Waals surface area contributed by atoms with Crippen LogP contribution in [0.3, 0.4) is 0 Å². The Morgan fingerprint density at radius 2 is 1.67 bits per heavy atom. The van der Waals surface area contributed by atoms with Crippen LogP contribution < -0.4 is 14.4 Å². The Bertz CT molecular complexity index is 950. The van der Waals surface area contributed by atoms with Crippen LogP contribution in [0.15, 0.2) is 48.5 Å². The first-order valence-corrected chi connectivity index (χ1v) is 9.96. The van der Waals surface area contributed by atoms with Gasteiger partial charge in [0.25, 0.3) is 5.69 Å². The summed E-state index contributed by atoms with van der Waals surface area (Å²) in [4.78, 5) is 26.9. The normalized spacial score (nSPS) is 16.4. The van der Waals surface area contributed by atoms with Crippen molar-refractivity contribution in [1.29, 1.82) is 0 Å². The van der Waals surface area contributed by atoms with Crippen LogP contribution in [-0.2, 0) is 4.79 Å². The van der Waals surface area contributed by atoms with Gasteiger partial charge >= 0.3 is 0 Å². The molecule has 1 saturated heterocycles. The van der Waals surface area contributed by atoms with E-state index in [1.54, 1.807) is 29.2 Å². The highest BCUT2D eigenvalue weighted by Gasteiger charge is 2.20. The molecule has 30 heavy (non-hydrogen) atoms. The van der Waals surface area contributed by atoms with Crippen molar-refractivity contribution in [2.45, 2.75) is 6.42 Å². The van der Waals surface area contributed by atoms with Gasteiger partial charge in [0.1, 0.15) is 0 Å². The van der Waals surface area contributed by atoms with E-state index >= 15 is 0 Å². The summed E-state index contributed by atoms with van der Waals surface area (Å²) < 4.78 is 11.3. The number of nitro groups is 1. The zero-order valence-electron chi connectivity index (χ0n) is 16.5. The SMILES string of the molecule is O=C(/C=C/c1ccc2c(c1)OCCCO2)N1CCN(c2ccc([N+](=O)[O-])cc2)CC1. The lowest BCUT2D eigenvalue weighted by Gasteiger charge is -2.35. The Morgan fingerprint density at radius 3 is 2.37 bits per heavy atom. The molecule has 0 spiro atoms. The van der Waals surface area contributed by atoms with Gasteiger partial charge in [0.2, 0.25) is 5.91 Å². The highest BCUT2D eigenvalue weighted by molar-refractivity contribution is 5.92. The average molecular weight is 409 g/mol. The largest absolute Gasteiger partial charge is 0.490 e. The lowest BCUT2D eigenvalue weighted by atomic mass is 10.1. The van der Waals surface area contributed by atoms with Crippen molar-refractivity contribution < 1.29 is 19.2 Å². The number of ether oxygens (including phenoxy) is 2. The van der Waals surface area contributed by atoms with Gasteiger partial charge in [-0.1, -0.05) is 6.07 Å². The molecular formula is C22H23N3O5. The Balaban J connectivity index is 1.33. The second-order valence-electron chi connectivity index (χ2n) is 7.18. The molecule has 2 aliphatic heterocycles. The van der Waals surface area contributed by atoms with E-state index < -0.39 is 4.92 Å². The van der Waals surface area contributed by atoms with E-state index in [1.165, 1.54) is 12.1 Å². The number of rotatable bonds is 4. The molecule has 1 amide bonds. The van der Waals surface area contributed by atoms with Gasteiger partial charge in [-0.25, -0.2) is 0 Å². The first-order valence-electron chi connectivity index (χ1n) is 9.96. The van der Waals surface area contributed by atoms with Gasteiger partial charge in [0.05, 0.1) is 18.1 Å². The van der Waals surface area contributed by atoms with Crippen molar-refractivity contribution in [3.05, 3.63) is 64.2 Å². The number of carbonyl (C=O) groups excluding carboxylic acids is 1. The average Bonchev–Trinajstić information content (AvgIpc) is 3.02. The molecule has 2 heterocycles. The number of benzene rings is 2. The van der Waals surface area contributed by atoms with Gasteiger partial charge in [0.15, 0.2) is 11.5 Å². The zero-order valence-corrected chi connectivity index (χ0v) is 16.5. The molecule has 0 bridgehead atoms. The molecule has 0 saturated carbocycles. The smallest absolute Gasteiger partial charge is 0.269 e. The van der Waals surface area contributed by atoms with Crippen molar-refractivity contribution in [2.75, 3.05) is 44.3 Å². The number of non-ortho nitro benzene ring substituents is 1. The van der Waals surface area contributed by atoms with E-state index in [0.717, 1.165) is 23.4 Å². The third-order valence-electron chi connectivity index (χ3n) is 5.21. The summed E-state index contributed by atoms with van der Waals surface area (Å²) in [5, 5.41) is 10.8. The molecule has 1 fully saturated rings. The van der Waals surface area contributed by atoms with E-state index in [4.69, 9.17) is 9.47 Å². The van der Waals surface area contributed by atoms with Crippen LogP contribution in [0.4, 0.5) is 11.4 Å². The molecule has 0 unspecified atom stereocenters. The number of piperazine rings is 1. The van der Waals surface area contributed by atoms with Crippen LogP contribution >= 0.6 is 0 Å². The number of nitrogens with zero attached hydrogens (tertiary/aromatic N) is 3. The summed E-state index contributed by atoms with van der Waals surface area (Å²) in [5.74, 6) is 1.41. The van der Waals surface area contributed by atoms with E-state index in [0.29, 0.717) is 45.1 Å². The number of hydrogen-bond acceptors (Lipinski definition) is 6. The zero-order chi connectivity index (χ0) is 20.9. The summed E-state index contributed by atoms with van der Waals surface area (Å²) in [7, 11) is 0. The molecule has 0 aliphatic carbocycles. The Morgan fingerprint density at radius 1 is 0.967 bits per heavy atom. The van der Waals surface area contributed by atoms with Crippen LogP contribution in [-0.4, -0.2) is 55.1 Å². The Kier molecular flexibility index (Phi) is 5.83. The molecule has 4 rings (SSSR count). The Hall–Kier alpha value is -3.55. The molecule has 0 atom stereocenters. The van der Waals surface area contributed by atoms with Crippen LogP contribution in [0.25, 0.3) is 6.08 Å². The quantitative estimate of drug-likeness (QED) is 0.438. The minimum absolute atomic E-state index is 0.0366. The third-order valence-corrected chi connectivity index (χ3v) is 5.21. The van der Waals surface area contributed by atoms with Crippen molar-refractivity contribution in [3.8, 4) is 11.5 Å². The second kappa shape index (κ2) is 8.86. The fourth-order valence-electron chi connectivity index (χ4n) is 3.53. The van der Waals surface area contributed by atoms with Crippen molar-refractivity contribution in [1.82, 2.24) is 4.90 Å². The van der Waals surface area contributed by atoms with Gasteiger partial charge in [-0.15, -0.1) is 0 Å². The molecule has 2 aliphatic rings. The fourth-order valence-corrected chi connectivity index (χ4v) is 3.53. The van der Waals surface area contributed by atoms with E-state index in [9.17, 15) is 14.9 Å². The molecule has 2 aromatic carbocycles. The molecule has 8 heteroatoms. The van der Waals surface area contributed by atoms with Gasteiger partial charge in [-0.2, -0.15) is 0 Å². The molecule has 156 valence electrons. The number of fused-ring (bicyclic) bond motifs is 1. The van der Waals surface area contributed by atoms with Crippen LogP contribution in [0.1, 0.15) is 12.0 Å². The van der Waals surface area contributed by atoms with Crippen LogP contribution in [0, 0.1) is 10.1 Å². The van der Waals surface area contributed by atoms with Gasteiger partial charge in [-0.05, 0) is 35.9 Å². The lowest BCUT2D eigenvalue weighted by Crippen LogP contribution is -2.48. The third kappa shape index (κ3) is 4.53. The van der Waals surface area contributed by atoms with E-state index in [-0.39, 0.29) is 11.6 Å². The highest BCUT2D eigenvalue weighted by Crippen LogP contribution is 2.30. The Labute approximate surface area is 174 Å². The van der Waals surface area contributed by atoms with E-state index in [1.807, 2.05) is 18.2 Å². The minimum Gasteiger partial charge on any atom is -0.490 e. The summed E-state index contributed by atoms with van der Waals surface area (Å²) in [6.07, 6.45) is 4.23. The lowest BCUT2D eigenvalue weighted by molar-refractivity contribution is -0.384. The maximum atomic E-state index is 12.6. The fraction of sp³-hybridized carbons (Fsp3) is 0.318. The summed E-state index contributed by atoms with van der Waals surface area (Å²) in [6, 6.07) is 12.2. The maximum absolute atomic E-state index is 12.6. The van der Waals surface area contributed by atoms with Gasteiger partial charge in [-0.3, -0.25) is 14.9 Å². The van der Waals surface area contributed by atoms with Crippen LogP contribution in [0.2, 0.25) is 0 Å². The first kappa shape index (κ1) is 19.8. The van der Waals surface area contributed by atoms with Gasteiger partial charge < -0.3 is 19.3 Å². The second-order valence-corrected chi connectivity index (χ2v) is 7.18. The maximum Gasteiger partial charge on any atom is 0.269 e. The molecule has 2 aromatic rings. The topological polar surface area (TPSA) is 85.2 Å². The molecule has 8 nitrogen and oxygen atoms in total. The molecule has 0 aromatic heterocycles. The number of hydrogen-bond donors (Lipinski definition) is 0. The van der Waals surface area contributed by atoms with Crippen LogP contribution in [0.5, 0.6) is 11.5 Å². The predicted molar refractivity (Wildman–Crippen MR) is 113 cm³/mol. The number of anilines is 1. The number of amides is 1.